The monoisotopic (exact) mass is 338 g/mol. The van der Waals surface area contributed by atoms with Crippen LogP contribution in [-0.2, 0) is 21.2 Å². The molecule has 0 unspecified atom stereocenters. The zero-order valence-corrected chi connectivity index (χ0v) is 13.1. The normalized spacial score (nSPS) is 11.1. The van der Waals surface area contributed by atoms with Gasteiger partial charge in [0.1, 0.15) is 11.6 Å². The number of ether oxygens (including phenoxy) is 1. The summed E-state index contributed by atoms with van der Waals surface area (Å²) >= 11 is 0. The Bertz CT molecular complexity index is 820. The third-order valence-electron chi connectivity index (χ3n) is 3.07. The Morgan fingerprint density at radius 1 is 1.22 bits per heavy atom. The van der Waals surface area contributed by atoms with Crippen LogP contribution in [0.25, 0.3) is 0 Å². The molecule has 0 aliphatic carbocycles. The molecule has 0 aliphatic rings. The fourth-order valence-electron chi connectivity index (χ4n) is 1.90. The van der Waals surface area contributed by atoms with Gasteiger partial charge in [0.2, 0.25) is 15.9 Å². The maximum absolute atomic E-state index is 13.8. The van der Waals surface area contributed by atoms with Crippen molar-refractivity contribution in [3.8, 4) is 5.75 Å². The maximum Gasteiger partial charge on any atom is 0.238 e. The lowest BCUT2D eigenvalue weighted by Crippen LogP contribution is -2.16. The molecule has 6 nitrogen and oxygen atoms in total. The van der Waals surface area contributed by atoms with Gasteiger partial charge in [0.25, 0.3) is 0 Å². The van der Waals surface area contributed by atoms with E-state index in [1.807, 2.05) is 0 Å². The molecule has 1 amide bonds. The summed E-state index contributed by atoms with van der Waals surface area (Å²) in [5, 5.41) is 7.30. The summed E-state index contributed by atoms with van der Waals surface area (Å²) in [6.45, 7) is 0. The highest BCUT2D eigenvalue weighted by molar-refractivity contribution is 7.89. The molecule has 122 valence electrons. The van der Waals surface area contributed by atoms with Crippen LogP contribution < -0.4 is 15.2 Å². The molecule has 23 heavy (non-hydrogen) atoms. The number of benzene rings is 2. The Balaban J connectivity index is 2.07. The summed E-state index contributed by atoms with van der Waals surface area (Å²) in [7, 11) is -2.45. The average molecular weight is 338 g/mol. The molecule has 2 aromatic rings. The van der Waals surface area contributed by atoms with Gasteiger partial charge in [0, 0.05) is 0 Å². The van der Waals surface area contributed by atoms with Crippen LogP contribution in [0.4, 0.5) is 10.1 Å². The number of rotatable bonds is 5. The molecular weight excluding hydrogens is 323 g/mol. The van der Waals surface area contributed by atoms with Gasteiger partial charge in [-0.1, -0.05) is 12.1 Å². The van der Waals surface area contributed by atoms with Crippen molar-refractivity contribution in [1.29, 1.82) is 0 Å². The van der Waals surface area contributed by atoms with Crippen LogP contribution in [0.5, 0.6) is 5.75 Å². The number of carbonyl (C=O) groups excluding carboxylic acids is 1. The number of anilines is 1. The fraction of sp³-hybridized carbons (Fsp3) is 0.133. The third-order valence-corrected chi connectivity index (χ3v) is 3.98. The van der Waals surface area contributed by atoms with Gasteiger partial charge in [-0.3, -0.25) is 4.79 Å². The molecule has 0 aromatic heterocycles. The number of halogens is 1. The SMILES string of the molecule is COc1ccc(CC(=O)Nc2ccc(S(N)(=O)=O)cc2F)cc1. The van der Waals surface area contributed by atoms with Crippen molar-refractivity contribution in [2.75, 3.05) is 12.4 Å². The molecule has 0 bridgehead atoms. The summed E-state index contributed by atoms with van der Waals surface area (Å²) in [4.78, 5) is 11.6. The van der Waals surface area contributed by atoms with Gasteiger partial charge in [-0.2, -0.15) is 0 Å². The molecule has 0 saturated heterocycles. The minimum atomic E-state index is -3.99. The van der Waals surface area contributed by atoms with Crippen LogP contribution >= 0.6 is 0 Å². The van der Waals surface area contributed by atoms with Gasteiger partial charge in [0.15, 0.2) is 0 Å². The Labute approximate surface area is 133 Å². The number of carbonyl (C=O) groups is 1. The summed E-state index contributed by atoms with van der Waals surface area (Å²) in [6.07, 6.45) is 0.0420. The van der Waals surface area contributed by atoms with E-state index in [1.54, 1.807) is 24.3 Å². The van der Waals surface area contributed by atoms with Crippen LogP contribution in [0.3, 0.4) is 0 Å². The Hall–Kier alpha value is -2.45. The molecule has 0 spiro atoms. The molecule has 0 radical (unpaired) electrons. The maximum atomic E-state index is 13.8. The highest BCUT2D eigenvalue weighted by Gasteiger charge is 2.13. The van der Waals surface area contributed by atoms with Gasteiger partial charge in [-0.15, -0.1) is 0 Å². The number of nitrogens with two attached hydrogens (primary N) is 1. The molecule has 2 aromatic carbocycles. The molecule has 0 aliphatic heterocycles. The number of hydrogen-bond acceptors (Lipinski definition) is 4. The molecule has 0 atom stereocenters. The zero-order chi connectivity index (χ0) is 17.0. The summed E-state index contributed by atoms with van der Waals surface area (Å²) in [5.74, 6) is -0.643. The number of amides is 1. The van der Waals surface area contributed by atoms with Gasteiger partial charge in [-0.25, -0.2) is 17.9 Å². The Kier molecular flexibility index (Phi) is 4.97. The second kappa shape index (κ2) is 6.76. The van der Waals surface area contributed by atoms with Gasteiger partial charge in [-0.05, 0) is 35.9 Å². The van der Waals surface area contributed by atoms with Crippen LogP contribution in [-0.4, -0.2) is 21.4 Å². The second-order valence-corrected chi connectivity index (χ2v) is 6.32. The first-order valence-corrected chi connectivity index (χ1v) is 8.09. The van der Waals surface area contributed by atoms with Crippen LogP contribution in [0.15, 0.2) is 47.4 Å². The first-order valence-electron chi connectivity index (χ1n) is 6.55. The largest absolute Gasteiger partial charge is 0.497 e. The topological polar surface area (TPSA) is 98.5 Å². The quantitative estimate of drug-likeness (QED) is 0.866. The fourth-order valence-corrected chi connectivity index (χ4v) is 2.42. The predicted molar refractivity (Wildman–Crippen MR) is 83.1 cm³/mol. The number of primary sulfonamides is 1. The van der Waals surface area contributed by atoms with E-state index in [0.717, 1.165) is 23.8 Å². The van der Waals surface area contributed by atoms with Crippen LogP contribution in [0.1, 0.15) is 5.56 Å². The average Bonchev–Trinajstić information content (AvgIpc) is 2.49. The minimum Gasteiger partial charge on any atom is -0.497 e. The second-order valence-electron chi connectivity index (χ2n) is 4.76. The van der Waals surface area contributed by atoms with E-state index in [2.05, 4.69) is 5.32 Å². The van der Waals surface area contributed by atoms with Crippen LogP contribution in [0, 0.1) is 5.82 Å². The van der Waals surface area contributed by atoms with E-state index in [1.165, 1.54) is 7.11 Å². The third kappa shape index (κ3) is 4.51. The lowest BCUT2D eigenvalue weighted by Gasteiger charge is -2.08. The number of hydrogen-bond donors (Lipinski definition) is 2. The van der Waals surface area contributed by atoms with E-state index in [9.17, 15) is 17.6 Å². The molecule has 3 N–H and O–H groups in total. The summed E-state index contributed by atoms with van der Waals surface area (Å²) < 4.78 is 41.1. The summed E-state index contributed by atoms with van der Waals surface area (Å²) in [5.41, 5.74) is 0.612. The lowest BCUT2D eigenvalue weighted by molar-refractivity contribution is -0.115. The van der Waals surface area contributed by atoms with Crippen molar-refractivity contribution in [3.05, 3.63) is 53.8 Å². The minimum absolute atomic E-state index is 0.0420. The van der Waals surface area contributed by atoms with Crippen molar-refractivity contribution >= 4 is 21.6 Å². The number of methoxy groups -OCH3 is 1. The highest BCUT2D eigenvalue weighted by atomic mass is 32.2. The van der Waals surface area contributed by atoms with Gasteiger partial charge >= 0.3 is 0 Å². The molecule has 0 fully saturated rings. The Morgan fingerprint density at radius 2 is 1.87 bits per heavy atom. The molecule has 2 rings (SSSR count). The van der Waals surface area contributed by atoms with Crippen molar-refractivity contribution in [2.24, 2.45) is 5.14 Å². The highest BCUT2D eigenvalue weighted by Crippen LogP contribution is 2.19. The van der Waals surface area contributed by atoms with E-state index in [0.29, 0.717) is 5.75 Å². The lowest BCUT2D eigenvalue weighted by atomic mass is 10.1. The molecular formula is C15H15FN2O4S. The standard InChI is InChI=1S/C15H15FN2O4S/c1-22-11-4-2-10(3-5-11)8-15(19)18-14-7-6-12(9-13(14)16)23(17,20)21/h2-7,9H,8H2,1H3,(H,18,19)(H2,17,20,21). The molecule has 0 heterocycles. The number of sulfonamides is 1. The van der Waals surface area contributed by atoms with Crippen LogP contribution in [0.2, 0.25) is 0 Å². The van der Waals surface area contributed by atoms with Gasteiger partial charge < -0.3 is 10.1 Å². The predicted octanol–water partition coefficient (Wildman–Crippen LogP) is 1.66. The van der Waals surface area contributed by atoms with E-state index in [-0.39, 0.29) is 17.0 Å². The van der Waals surface area contributed by atoms with Crippen molar-refractivity contribution in [2.45, 2.75) is 11.3 Å². The van der Waals surface area contributed by atoms with Gasteiger partial charge in [0.05, 0.1) is 24.1 Å². The first kappa shape index (κ1) is 16.9. The molecule has 0 saturated carbocycles. The van der Waals surface area contributed by atoms with E-state index < -0.39 is 21.7 Å². The summed E-state index contributed by atoms with van der Waals surface area (Å²) in [6, 6.07) is 9.91. The zero-order valence-electron chi connectivity index (χ0n) is 12.2. The van der Waals surface area contributed by atoms with E-state index >= 15 is 0 Å². The number of nitrogens with one attached hydrogen (secondary N) is 1. The van der Waals surface area contributed by atoms with Crippen molar-refractivity contribution in [3.63, 3.8) is 0 Å². The Morgan fingerprint density at radius 3 is 2.39 bits per heavy atom. The van der Waals surface area contributed by atoms with Crippen molar-refractivity contribution in [1.82, 2.24) is 0 Å². The smallest absolute Gasteiger partial charge is 0.238 e. The van der Waals surface area contributed by atoms with Crippen molar-refractivity contribution < 1.29 is 22.3 Å². The molecule has 8 heteroatoms. The first-order chi connectivity index (χ1) is 10.8. The van der Waals surface area contributed by atoms with E-state index in [4.69, 9.17) is 9.88 Å².